The van der Waals surface area contributed by atoms with E-state index in [4.69, 9.17) is 4.74 Å². The van der Waals surface area contributed by atoms with E-state index in [0.717, 1.165) is 37.7 Å². The van der Waals surface area contributed by atoms with E-state index < -0.39 is 0 Å². The van der Waals surface area contributed by atoms with Gasteiger partial charge in [0.15, 0.2) is 5.75 Å². The number of hydrogen-bond donors (Lipinski definition) is 1. The predicted molar refractivity (Wildman–Crippen MR) is 103 cm³/mol. The summed E-state index contributed by atoms with van der Waals surface area (Å²) < 4.78 is 5.92. The van der Waals surface area contributed by atoms with Gasteiger partial charge in [0.05, 0.1) is 12.4 Å². The summed E-state index contributed by atoms with van der Waals surface area (Å²) in [5.74, 6) is 1.21. The molecule has 1 saturated carbocycles. The Morgan fingerprint density at radius 3 is 2.56 bits per heavy atom. The molecule has 1 aliphatic heterocycles. The van der Waals surface area contributed by atoms with Crippen molar-refractivity contribution in [1.82, 2.24) is 20.2 Å². The van der Waals surface area contributed by atoms with Crippen molar-refractivity contribution in [2.75, 3.05) is 19.6 Å². The summed E-state index contributed by atoms with van der Waals surface area (Å²) in [6.07, 6.45) is 9.36. The van der Waals surface area contributed by atoms with Gasteiger partial charge in [-0.2, -0.15) is 0 Å². The molecule has 2 aliphatic rings. The number of hydrogen-bond acceptors (Lipinski definition) is 5. The molecule has 0 bridgehead atoms. The van der Waals surface area contributed by atoms with Gasteiger partial charge in [-0.1, -0.05) is 12.5 Å². The van der Waals surface area contributed by atoms with Gasteiger partial charge in [-0.05, 0) is 55.9 Å². The van der Waals surface area contributed by atoms with Gasteiger partial charge in [0.25, 0.3) is 5.91 Å². The molecule has 6 nitrogen and oxygen atoms in total. The van der Waals surface area contributed by atoms with Gasteiger partial charge >= 0.3 is 0 Å². The van der Waals surface area contributed by atoms with Crippen molar-refractivity contribution in [3.05, 3.63) is 47.5 Å². The number of amides is 1. The second-order valence-electron chi connectivity index (χ2n) is 7.26. The number of benzene rings is 1. The largest absolute Gasteiger partial charge is 0.454 e. The Labute approximate surface area is 160 Å². The van der Waals surface area contributed by atoms with E-state index in [1.165, 1.54) is 30.4 Å². The number of ether oxygens (including phenoxy) is 1. The van der Waals surface area contributed by atoms with Gasteiger partial charge in [0.2, 0.25) is 5.82 Å². The van der Waals surface area contributed by atoms with E-state index in [2.05, 4.69) is 32.3 Å². The van der Waals surface area contributed by atoms with E-state index in [-0.39, 0.29) is 11.7 Å². The number of nitrogens with zero attached hydrogens (tertiary/aromatic N) is 3. The van der Waals surface area contributed by atoms with Crippen molar-refractivity contribution >= 4 is 5.91 Å². The number of nitrogens with one attached hydrogen (secondary N) is 1. The highest BCUT2D eigenvalue weighted by Crippen LogP contribution is 2.29. The summed E-state index contributed by atoms with van der Waals surface area (Å²) in [6.45, 7) is 4.70. The van der Waals surface area contributed by atoms with Crippen LogP contribution in [-0.4, -0.2) is 46.5 Å². The van der Waals surface area contributed by atoms with Crippen molar-refractivity contribution in [1.29, 1.82) is 0 Å². The van der Waals surface area contributed by atoms with Crippen LogP contribution in [0.5, 0.6) is 11.5 Å². The second-order valence-corrected chi connectivity index (χ2v) is 7.26. The summed E-state index contributed by atoms with van der Waals surface area (Å²) in [4.78, 5) is 22.5. The first-order valence-corrected chi connectivity index (χ1v) is 9.87. The summed E-state index contributed by atoms with van der Waals surface area (Å²) in [5, 5.41) is 2.68. The molecule has 1 aromatic heterocycles. The molecule has 0 spiro atoms. The summed E-state index contributed by atoms with van der Waals surface area (Å²) in [7, 11) is 0. The smallest absolute Gasteiger partial charge is 0.289 e. The lowest BCUT2D eigenvalue weighted by Crippen LogP contribution is -2.41. The standard InChI is InChI=1S/C21H26N4O2/c1-2-22-21(26)20-23-13-19(14-24-20)27-18-7-6-15-8-10-25(17-4-3-5-17)11-9-16(15)12-18/h6-7,12-14,17H,2-5,8-11H2,1H3,(H,22,26). The highest BCUT2D eigenvalue weighted by atomic mass is 16.5. The van der Waals surface area contributed by atoms with E-state index >= 15 is 0 Å². The number of fused-ring (bicyclic) bond motifs is 1. The third-order valence-corrected chi connectivity index (χ3v) is 5.51. The summed E-state index contributed by atoms with van der Waals surface area (Å²) >= 11 is 0. The molecule has 1 aromatic carbocycles. The molecule has 1 fully saturated rings. The third kappa shape index (κ3) is 4.11. The Morgan fingerprint density at radius 2 is 1.89 bits per heavy atom. The van der Waals surface area contributed by atoms with E-state index in [1.807, 2.05) is 13.0 Å². The Kier molecular flexibility index (Phi) is 5.34. The lowest BCUT2D eigenvalue weighted by molar-refractivity contribution is 0.0945. The van der Waals surface area contributed by atoms with E-state index in [9.17, 15) is 4.79 Å². The monoisotopic (exact) mass is 366 g/mol. The van der Waals surface area contributed by atoms with Crippen molar-refractivity contribution in [2.45, 2.75) is 45.1 Å². The Morgan fingerprint density at radius 1 is 1.15 bits per heavy atom. The highest BCUT2D eigenvalue weighted by molar-refractivity contribution is 5.90. The maximum atomic E-state index is 11.7. The molecule has 27 heavy (non-hydrogen) atoms. The minimum atomic E-state index is -0.273. The van der Waals surface area contributed by atoms with Crippen LogP contribution in [0.2, 0.25) is 0 Å². The molecule has 6 heteroatoms. The van der Waals surface area contributed by atoms with Gasteiger partial charge in [0.1, 0.15) is 5.75 Å². The van der Waals surface area contributed by atoms with Crippen LogP contribution in [0.1, 0.15) is 47.9 Å². The zero-order valence-corrected chi connectivity index (χ0v) is 15.8. The van der Waals surface area contributed by atoms with Crippen LogP contribution in [0.15, 0.2) is 30.6 Å². The average Bonchev–Trinajstić information content (AvgIpc) is 2.84. The molecule has 1 aliphatic carbocycles. The van der Waals surface area contributed by atoms with Crippen LogP contribution in [0.25, 0.3) is 0 Å². The normalized spacial score (nSPS) is 17.5. The SMILES string of the molecule is CCNC(=O)c1ncc(Oc2ccc3c(c2)CCN(C2CCC2)CC3)cn1. The first-order chi connectivity index (χ1) is 13.2. The Hall–Kier alpha value is -2.47. The molecule has 0 atom stereocenters. The number of rotatable bonds is 5. The fraction of sp³-hybridized carbons (Fsp3) is 0.476. The van der Waals surface area contributed by atoms with Gasteiger partial charge in [-0.3, -0.25) is 9.69 Å². The molecule has 1 N–H and O–H groups in total. The van der Waals surface area contributed by atoms with Gasteiger partial charge in [-0.25, -0.2) is 9.97 Å². The Bertz CT molecular complexity index is 802. The highest BCUT2D eigenvalue weighted by Gasteiger charge is 2.26. The van der Waals surface area contributed by atoms with Crippen molar-refractivity contribution in [3.8, 4) is 11.5 Å². The molecule has 0 unspecified atom stereocenters. The lowest BCUT2D eigenvalue weighted by atomic mass is 9.91. The van der Waals surface area contributed by atoms with E-state index in [0.29, 0.717) is 12.3 Å². The van der Waals surface area contributed by atoms with Crippen LogP contribution < -0.4 is 10.1 Å². The van der Waals surface area contributed by atoms with Gasteiger partial charge in [-0.15, -0.1) is 0 Å². The molecular formula is C21H26N4O2. The number of aromatic nitrogens is 2. The quantitative estimate of drug-likeness (QED) is 0.881. The van der Waals surface area contributed by atoms with Crippen LogP contribution in [0.4, 0.5) is 0 Å². The van der Waals surface area contributed by atoms with E-state index in [1.54, 1.807) is 12.4 Å². The van der Waals surface area contributed by atoms with Gasteiger partial charge < -0.3 is 10.1 Å². The summed E-state index contributed by atoms with van der Waals surface area (Å²) in [6, 6.07) is 7.13. The molecule has 142 valence electrons. The molecule has 0 saturated heterocycles. The minimum Gasteiger partial charge on any atom is -0.454 e. The number of carbonyl (C=O) groups excluding carboxylic acids is 1. The second kappa shape index (κ2) is 8.05. The Balaban J connectivity index is 1.42. The average molecular weight is 366 g/mol. The van der Waals surface area contributed by atoms with Crippen LogP contribution >= 0.6 is 0 Å². The first kappa shape index (κ1) is 17.9. The summed E-state index contributed by atoms with van der Waals surface area (Å²) in [5.41, 5.74) is 2.79. The molecule has 2 aromatic rings. The van der Waals surface area contributed by atoms with Crippen LogP contribution in [-0.2, 0) is 12.8 Å². The predicted octanol–water partition coefficient (Wildman–Crippen LogP) is 2.97. The number of carbonyl (C=O) groups is 1. The van der Waals surface area contributed by atoms with Crippen molar-refractivity contribution < 1.29 is 9.53 Å². The maximum absolute atomic E-state index is 11.7. The first-order valence-electron chi connectivity index (χ1n) is 9.87. The van der Waals surface area contributed by atoms with Crippen LogP contribution in [0, 0.1) is 0 Å². The third-order valence-electron chi connectivity index (χ3n) is 5.51. The zero-order chi connectivity index (χ0) is 18.6. The topological polar surface area (TPSA) is 67.3 Å². The molecule has 0 radical (unpaired) electrons. The fourth-order valence-corrected chi connectivity index (χ4v) is 3.76. The molecular weight excluding hydrogens is 340 g/mol. The van der Waals surface area contributed by atoms with Gasteiger partial charge in [0, 0.05) is 25.7 Å². The van der Waals surface area contributed by atoms with Crippen molar-refractivity contribution in [2.24, 2.45) is 0 Å². The lowest BCUT2D eigenvalue weighted by Gasteiger charge is -2.36. The zero-order valence-electron chi connectivity index (χ0n) is 15.8. The maximum Gasteiger partial charge on any atom is 0.289 e. The fourth-order valence-electron chi connectivity index (χ4n) is 3.76. The molecule has 4 rings (SSSR count). The molecule has 1 amide bonds. The molecule has 2 heterocycles. The van der Waals surface area contributed by atoms with Crippen molar-refractivity contribution in [3.63, 3.8) is 0 Å². The van der Waals surface area contributed by atoms with Crippen LogP contribution in [0.3, 0.4) is 0 Å². The minimum absolute atomic E-state index is 0.155.